The number of ether oxygens (including phenoxy) is 1. The number of hydrogen-bond donors (Lipinski definition) is 11. The quantitative estimate of drug-likeness (QED) is 0.0176. The summed E-state index contributed by atoms with van der Waals surface area (Å²) in [5.74, 6) is -9.44. The Morgan fingerprint density at radius 3 is 1.32 bits per heavy atom. The highest BCUT2D eigenvalue weighted by atomic mass is 16.5. The Hall–Kier alpha value is -9.24. The number of carboxylic acid groups (broad SMARTS) is 2. The lowest BCUT2D eigenvalue weighted by Gasteiger charge is -2.33. The van der Waals surface area contributed by atoms with Gasteiger partial charge in [0.1, 0.15) is 32.0 Å². The van der Waals surface area contributed by atoms with E-state index in [0.29, 0.717) is 95.8 Å². The fourth-order valence-corrected chi connectivity index (χ4v) is 9.64. The lowest BCUT2D eigenvalue weighted by molar-refractivity contribution is -0.143. The molecule has 0 radical (unpaired) electrons. The van der Waals surface area contributed by atoms with E-state index >= 15 is 0 Å². The Labute approximate surface area is 525 Å². The highest BCUT2D eigenvalue weighted by Crippen LogP contribution is 2.12. The third kappa shape index (κ3) is 29.3. The zero-order valence-electron chi connectivity index (χ0n) is 50.8. The van der Waals surface area contributed by atoms with Gasteiger partial charge in [-0.3, -0.25) is 86.8 Å². The second-order valence-electron chi connectivity index (χ2n) is 21.6. The summed E-state index contributed by atoms with van der Waals surface area (Å²) in [5.41, 5.74) is 1.35. The molecule has 32 nitrogen and oxygen atoms in total. The van der Waals surface area contributed by atoms with Crippen molar-refractivity contribution >= 4 is 82.8 Å². The zero-order valence-corrected chi connectivity index (χ0v) is 50.8. The van der Waals surface area contributed by atoms with Crippen LogP contribution in [0.4, 0.5) is 0 Å². The maximum absolute atomic E-state index is 13.7. The van der Waals surface area contributed by atoms with Crippen LogP contribution >= 0.6 is 0 Å². The molecule has 11 N–H and O–H groups in total. The number of amides is 12. The summed E-state index contributed by atoms with van der Waals surface area (Å²) in [6, 6.07) is 15.0. The third-order valence-corrected chi connectivity index (χ3v) is 14.6. The first-order valence-electron chi connectivity index (χ1n) is 30.0. The minimum absolute atomic E-state index is 0.0169. The van der Waals surface area contributed by atoms with Gasteiger partial charge in [0.25, 0.3) is 11.8 Å². The first-order chi connectivity index (χ1) is 43.7. The summed E-state index contributed by atoms with van der Waals surface area (Å²) >= 11 is 0. The molecule has 0 aromatic heterocycles. The molecule has 2 saturated heterocycles. The second-order valence-corrected chi connectivity index (χ2v) is 21.6. The Morgan fingerprint density at radius 2 is 0.846 bits per heavy atom. The Morgan fingerprint density at radius 1 is 0.440 bits per heavy atom. The van der Waals surface area contributed by atoms with Crippen LogP contribution in [-0.2, 0) is 84.7 Å². The number of carboxylic acids is 2. The van der Waals surface area contributed by atoms with Gasteiger partial charge in [0.05, 0.1) is 45.8 Å². The maximum Gasteiger partial charge on any atom is 0.329 e. The maximum atomic E-state index is 13.7. The topological polar surface area (TPSA) is 416 Å². The average Bonchev–Trinajstić information content (AvgIpc) is 4.19. The van der Waals surface area contributed by atoms with Crippen LogP contribution in [-0.4, -0.2) is 285 Å². The molecule has 2 aromatic rings. The standard InChI is InChI=1S/C59H83N15O17/c75-46(60-35-49(78)67-44(30-42-10-4-1-5-11-42)58(89)64-34-48(77)66-41-91-40-57(87)88)32-62-51(80)38-71-22-20-69-18-19-70(27-29-73(28-26-69)53(82)14-8-3-9-17-74-54(83)15-16-55(74)84)21-23-72(25-24-71)39-52(81)63-33-47(76)61-36-50(79)68-45(59(90)65-37-56(85)86)31-43-12-6-2-7-13-43/h1-2,4-7,10-13,15-16,44-45H,3,8-9,14,17-41H2,(H,60,75)(H,61,76)(H,62,80)(H,63,81)(H,64,89)(H,65,90)(H,66,77)(H,67,78)(H,68,79)(H,85,86)(H,87,88)/t44-,45-/m0/s1. The number of unbranched alkanes of at least 4 members (excludes halogenated alkanes) is 2. The third-order valence-electron chi connectivity index (χ3n) is 14.6. The minimum Gasteiger partial charge on any atom is -0.480 e. The number of carbonyl (C=O) groups excluding carboxylic acids is 12. The summed E-state index contributed by atoms with van der Waals surface area (Å²) < 4.78 is 4.77. The highest BCUT2D eigenvalue weighted by Gasteiger charge is 2.28. The van der Waals surface area contributed by atoms with Crippen molar-refractivity contribution in [3.8, 4) is 0 Å². The van der Waals surface area contributed by atoms with Crippen LogP contribution in [0.25, 0.3) is 0 Å². The smallest absolute Gasteiger partial charge is 0.329 e. The molecule has 3 aliphatic heterocycles. The van der Waals surface area contributed by atoms with E-state index in [1.165, 1.54) is 17.1 Å². The number of aliphatic carboxylic acids is 2. The van der Waals surface area contributed by atoms with Gasteiger partial charge in [-0.25, -0.2) is 4.79 Å². The van der Waals surface area contributed by atoms with Crippen molar-refractivity contribution < 1.29 is 82.1 Å². The van der Waals surface area contributed by atoms with Crippen LogP contribution in [0.15, 0.2) is 72.8 Å². The molecule has 0 spiro atoms. The number of carbonyl (C=O) groups is 14. The van der Waals surface area contributed by atoms with Gasteiger partial charge in [-0.1, -0.05) is 67.1 Å². The van der Waals surface area contributed by atoms with Crippen molar-refractivity contribution in [3.63, 3.8) is 0 Å². The molecule has 2 aromatic carbocycles. The predicted octanol–water partition coefficient (Wildman–Crippen LogP) is -6.05. The van der Waals surface area contributed by atoms with Gasteiger partial charge in [-0.15, -0.1) is 0 Å². The van der Waals surface area contributed by atoms with E-state index in [9.17, 15) is 67.1 Å². The lowest BCUT2D eigenvalue weighted by atomic mass is 10.1. The largest absolute Gasteiger partial charge is 0.480 e. The molecule has 0 aliphatic carbocycles. The van der Waals surface area contributed by atoms with E-state index < -0.39 is 130 Å². The molecule has 2 unspecified atom stereocenters. The van der Waals surface area contributed by atoms with E-state index in [4.69, 9.17) is 14.9 Å². The first kappa shape index (κ1) is 72.5. The number of rotatable bonds is 34. The van der Waals surface area contributed by atoms with Crippen LogP contribution in [0.1, 0.15) is 36.8 Å². The molecular formula is C59H83N15O17. The number of nitrogens with one attached hydrogen (secondary N) is 9. The Kier molecular flexibility index (Phi) is 31.6. The van der Waals surface area contributed by atoms with Crippen molar-refractivity contribution in [2.75, 3.05) is 151 Å². The molecule has 5 rings (SSSR count). The summed E-state index contributed by atoms with van der Waals surface area (Å²) in [6.45, 7) is 0.801. The molecule has 2 fully saturated rings. The summed E-state index contributed by atoms with van der Waals surface area (Å²) in [4.78, 5) is 188. The number of hydrogen-bond acceptors (Lipinski definition) is 19. The van der Waals surface area contributed by atoms with Gasteiger partial charge in [-0.05, 0) is 24.0 Å². The number of fused-ring (bicyclic) bond motifs is 3. The summed E-state index contributed by atoms with van der Waals surface area (Å²) in [7, 11) is 0. The van der Waals surface area contributed by atoms with Gasteiger partial charge in [0, 0.05) is 116 Å². The van der Waals surface area contributed by atoms with Crippen LogP contribution in [0, 0.1) is 0 Å². The number of benzene rings is 2. The average molecular weight is 1270 g/mol. The fourth-order valence-electron chi connectivity index (χ4n) is 9.64. The minimum atomic E-state index is -1.28. The molecule has 3 heterocycles. The highest BCUT2D eigenvalue weighted by molar-refractivity contribution is 6.12. The molecule has 32 heteroatoms. The SMILES string of the molecule is O=C(O)CNC(=O)[C@H](Cc1ccccc1)NC(=O)CNC(=O)CNC(=O)CN1CCN2CCN(CCN(CC(=O)NCC(=O)NCC(=O)N[C@@H](Cc3ccccc3)C(=O)NCC(=O)NCOCC(=O)O)CC1)CCN(C(=O)CCCCCN1C(=O)C=CC1=O)CC2. The van der Waals surface area contributed by atoms with Crippen molar-refractivity contribution in [1.82, 2.24) is 77.3 Å². The normalized spacial score (nSPS) is 17.0. The lowest BCUT2D eigenvalue weighted by Crippen LogP contribution is -2.52. The fraction of sp³-hybridized carbons (Fsp3) is 0.525. The molecule has 12 amide bonds. The van der Waals surface area contributed by atoms with Crippen molar-refractivity contribution in [3.05, 3.63) is 83.9 Å². The molecular weight excluding hydrogens is 1190 g/mol. The van der Waals surface area contributed by atoms with Crippen LogP contribution in [0.5, 0.6) is 0 Å². The van der Waals surface area contributed by atoms with E-state index in [-0.39, 0.29) is 69.7 Å². The molecule has 4 atom stereocenters. The molecule has 496 valence electrons. The summed E-state index contributed by atoms with van der Waals surface area (Å²) in [6.07, 6.45) is 4.53. The van der Waals surface area contributed by atoms with Crippen LogP contribution < -0.4 is 47.9 Å². The van der Waals surface area contributed by atoms with Gasteiger partial charge in [-0.2, -0.15) is 0 Å². The molecule has 2 bridgehead atoms. The van der Waals surface area contributed by atoms with Crippen molar-refractivity contribution in [2.24, 2.45) is 0 Å². The molecule has 91 heavy (non-hydrogen) atoms. The Bertz CT molecular complexity index is 2850. The van der Waals surface area contributed by atoms with E-state index in [0.717, 1.165) is 0 Å². The molecule has 0 saturated carbocycles. The molecule has 3 aliphatic rings. The van der Waals surface area contributed by atoms with Crippen LogP contribution in [0.3, 0.4) is 0 Å². The second kappa shape index (κ2) is 39.7. The van der Waals surface area contributed by atoms with E-state index in [1.54, 1.807) is 60.7 Å². The Balaban J connectivity index is 1.16. The summed E-state index contributed by atoms with van der Waals surface area (Å²) in [5, 5.41) is 39.8. The van der Waals surface area contributed by atoms with E-state index in [1.807, 2.05) is 14.7 Å². The number of imide groups is 1. The van der Waals surface area contributed by atoms with Crippen molar-refractivity contribution in [2.45, 2.75) is 50.6 Å². The van der Waals surface area contributed by atoms with E-state index in [2.05, 4.69) is 57.7 Å². The van der Waals surface area contributed by atoms with Crippen molar-refractivity contribution in [1.29, 1.82) is 0 Å². The first-order valence-corrected chi connectivity index (χ1v) is 30.0. The van der Waals surface area contributed by atoms with Gasteiger partial charge < -0.3 is 67.7 Å². The van der Waals surface area contributed by atoms with Gasteiger partial charge >= 0.3 is 11.9 Å². The van der Waals surface area contributed by atoms with Gasteiger partial charge in [0.2, 0.25) is 59.1 Å². The predicted molar refractivity (Wildman–Crippen MR) is 323 cm³/mol. The van der Waals surface area contributed by atoms with Crippen LogP contribution in [0.2, 0.25) is 0 Å². The monoisotopic (exact) mass is 1270 g/mol. The van der Waals surface area contributed by atoms with Gasteiger partial charge in [0.15, 0.2) is 0 Å². The zero-order chi connectivity index (χ0) is 65.9. The number of nitrogens with zero attached hydrogens (tertiary/aromatic N) is 6.